The predicted octanol–water partition coefficient (Wildman–Crippen LogP) is 17.5. The summed E-state index contributed by atoms with van der Waals surface area (Å²) in [6, 6.07) is 0. The highest BCUT2D eigenvalue weighted by Gasteiger charge is 2.17. The molecule has 354 valence electrons. The SMILES string of the molecule is CC/C=C\C/C=C\C/C=C\C/C=C\CCCCCCCOCC(COC(=O)CCCCCC/C=C\C/C=C\C/C=C\C/C=C\CC)OC(=O)CCCCCCCCCCCCC. The number of unbranched alkanes of at least 4 members (excludes halogenated alkanes) is 19. The van der Waals surface area contributed by atoms with E-state index in [1.807, 2.05) is 0 Å². The first-order valence-corrected chi connectivity index (χ1v) is 25.8. The molecule has 1 atom stereocenters. The van der Waals surface area contributed by atoms with Crippen LogP contribution in [0.1, 0.15) is 226 Å². The Morgan fingerprint density at radius 1 is 0.371 bits per heavy atom. The van der Waals surface area contributed by atoms with Gasteiger partial charge in [0.1, 0.15) is 6.61 Å². The molecule has 0 aromatic heterocycles. The summed E-state index contributed by atoms with van der Waals surface area (Å²) < 4.78 is 17.4. The summed E-state index contributed by atoms with van der Waals surface area (Å²) in [6.07, 6.45) is 69.8. The summed E-state index contributed by atoms with van der Waals surface area (Å²) in [4.78, 5) is 25.4. The maximum Gasteiger partial charge on any atom is 0.306 e. The summed E-state index contributed by atoms with van der Waals surface area (Å²) in [7, 11) is 0. The highest BCUT2D eigenvalue weighted by molar-refractivity contribution is 5.70. The van der Waals surface area contributed by atoms with Crippen LogP contribution in [0.2, 0.25) is 0 Å². The summed E-state index contributed by atoms with van der Waals surface area (Å²) in [5.41, 5.74) is 0. The van der Waals surface area contributed by atoms with Crippen LogP contribution in [0, 0.1) is 0 Å². The largest absolute Gasteiger partial charge is 0.462 e. The molecule has 0 aliphatic heterocycles. The van der Waals surface area contributed by atoms with E-state index in [0.29, 0.717) is 19.4 Å². The van der Waals surface area contributed by atoms with Gasteiger partial charge in [-0.1, -0.05) is 214 Å². The fraction of sp³-hybridized carbons (Fsp3) is 0.684. The smallest absolute Gasteiger partial charge is 0.306 e. The Hall–Kier alpha value is -3.18. The van der Waals surface area contributed by atoms with Gasteiger partial charge in [-0.15, -0.1) is 0 Å². The molecule has 5 nitrogen and oxygen atoms in total. The molecule has 0 aromatic rings. The standard InChI is InChI=1S/C57H96O5/c1-4-7-10-13-16-19-22-24-26-28-30-32-34-37-40-43-46-49-52-60-53-55(62-57(59)51-48-45-42-39-35-21-18-15-12-9-6-3)54-61-56(58)50-47-44-41-38-36-33-31-29-27-25-23-20-17-14-11-8-5-2/h7-8,10-11,16-17,19-20,24-27,30-33,55H,4-6,9,12-15,18,21-23,28-29,34-54H2,1-3H3/b10-7-,11-8-,19-16-,20-17-,26-24-,27-25-,32-30-,33-31-. The monoisotopic (exact) mass is 861 g/mol. The van der Waals surface area contributed by atoms with Gasteiger partial charge in [0, 0.05) is 19.4 Å². The molecule has 0 aliphatic carbocycles. The van der Waals surface area contributed by atoms with Gasteiger partial charge in [-0.3, -0.25) is 9.59 Å². The van der Waals surface area contributed by atoms with E-state index in [2.05, 4.69) is 118 Å². The molecule has 1 unspecified atom stereocenters. The van der Waals surface area contributed by atoms with Crippen molar-refractivity contribution in [3.8, 4) is 0 Å². The van der Waals surface area contributed by atoms with Gasteiger partial charge in [-0.05, 0) is 96.3 Å². The van der Waals surface area contributed by atoms with Crippen LogP contribution >= 0.6 is 0 Å². The zero-order valence-corrected chi connectivity index (χ0v) is 40.6. The second-order valence-electron chi connectivity index (χ2n) is 16.7. The van der Waals surface area contributed by atoms with Crippen LogP contribution in [0.3, 0.4) is 0 Å². The summed E-state index contributed by atoms with van der Waals surface area (Å²) in [6.45, 7) is 7.53. The average molecular weight is 861 g/mol. The summed E-state index contributed by atoms with van der Waals surface area (Å²) in [5.74, 6) is -0.437. The molecule has 0 aliphatic rings. The van der Waals surface area contributed by atoms with E-state index in [1.54, 1.807) is 0 Å². The molecular weight excluding hydrogens is 765 g/mol. The number of rotatable bonds is 46. The number of esters is 2. The Kier molecular flexibility index (Phi) is 49.5. The second kappa shape index (κ2) is 52.2. The first-order valence-electron chi connectivity index (χ1n) is 25.8. The van der Waals surface area contributed by atoms with E-state index >= 15 is 0 Å². The highest BCUT2D eigenvalue weighted by atomic mass is 16.6. The van der Waals surface area contributed by atoms with Crippen molar-refractivity contribution in [3.63, 3.8) is 0 Å². The van der Waals surface area contributed by atoms with Crippen LogP contribution in [0.5, 0.6) is 0 Å². The van der Waals surface area contributed by atoms with E-state index in [4.69, 9.17) is 14.2 Å². The maximum atomic E-state index is 12.8. The van der Waals surface area contributed by atoms with Gasteiger partial charge in [0.05, 0.1) is 6.61 Å². The van der Waals surface area contributed by atoms with Crippen LogP contribution in [0.25, 0.3) is 0 Å². The molecule has 62 heavy (non-hydrogen) atoms. The van der Waals surface area contributed by atoms with Crippen LogP contribution in [-0.2, 0) is 23.8 Å². The third kappa shape index (κ3) is 49.5. The van der Waals surface area contributed by atoms with Gasteiger partial charge in [-0.25, -0.2) is 0 Å². The molecule has 0 heterocycles. The quantitative estimate of drug-likeness (QED) is 0.0347. The Morgan fingerprint density at radius 3 is 1.16 bits per heavy atom. The van der Waals surface area contributed by atoms with E-state index in [9.17, 15) is 9.59 Å². The van der Waals surface area contributed by atoms with E-state index in [1.165, 1.54) is 77.0 Å². The van der Waals surface area contributed by atoms with E-state index in [-0.39, 0.29) is 25.2 Å². The first-order chi connectivity index (χ1) is 30.6. The van der Waals surface area contributed by atoms with Gasteiger partial charge >= 0.3 is 11.9 Å². The fourth-order valence-electron chi connectivity index (χ4n) is 6.84. The Morgan fingerprint density at radius 2 is 0.726 bits per heavy atom. The lowest BCUT2D eigenvalue weighted by molar-refractivity contribution is -0.163. The maximum absolute atomic E-state index is 12.8. The third-order valence-electron chi connectivity index (χ3n) is 10.6. The lowest BCUT2D eigenvalue weighted by atomic mass is 10.1. The fourth-order valence-corrected chi connectivity index (χ4v) is 6.84. The Bertz CT molecular complexity index is 1200. The van der Waals surface area contributed by atoms with Gasteiger partial charge in [0.2, 0.25) is 0 Å². The van der Waals surface area contributed by atoms with Crippen molar-refractivity contribution >= 4 is 11.9 Å². The number of hydrogen-bond donors (Lipinski definition) is 0. The summed E-state index contributed by atoms with van der Waals surface area (Å²) >= 11 is 0. The van der Waals surface area contributed by atoms with Gasteiger partial charge in [-0.2, -0.15) is 0 Å². The van der Waals surface area contributed by atoms with Crippen molar-refractivity contribution in [1.82, 2.24) is 0 Å². The Balaban J connectivity index is 4.33. The minimum atomic E-state index is -0.559. The highest BCUT2D eigenvalue weighted by Crippen LogP contribution is 2.14. The van der Waals surface area contributed by atoms with Crippen molar-refractivity contribution in [1.29, 1.82) is 0 Å². The van der Waals surface area contributed by atoms with Crippen molar-refractivity contribution in [2.24, 2.45) is 0 Å². The first kappa shape index (κ1) is 58.8. The molecule has 0 saturated carbocycles. The lowest BCUT2D eigenvalue weighted by Gasteiger charge is -2.18. The van der Waals surface area contributed by atoms with Crippen molar-refractivity contribution in [2.75, 3.05) is 19.8 Å². The van der Waals surface area contributed by atoms with Crippen LogP contribution in [0.15, 0.2) is 97.2 Å². The lowest BCUT2D eigenvalue weighted by Crippen LogP contribution is -2.30. The molecule has 0 fully saturated rings. The molecule has 0 bridgehead atoms. The Labute approximate surface area is 383 Å². The van der Waals surface area contributed by atoms with Crippen molar-refractivity contribution < 1.29 is 23.8 Å². The number of ether oxygens (including phenoxy) is 3. The van der Waals surface area contributed by atoms with Gasteiger partial charge in [0.25, 0.3) is 0 Å². The predicted molar refractivity (Wildman–Crippen MR) is 270 cm³/mol. The third-order valence-corrected chi connectivity index (χ3v) is 10.6. The minimum absolute atomic E-state index is 0.0615. The molecule has 0 aromatic carbocycles. The van der Waals surface area contributed by atoms with Gasteiger partial charge < -0.3 is 14.2 Å². The van der Waals surface area contributed by atoms with Crippen LogP contribution < -0.4 is 0 Å². The molecule has 5 heteroatoms. The number of carbonyl (C=O) groups is 2. The molecule has 0 N–H and O–H groups in total. The van der Waals surface area contributed by atoms with Crippen LogP contribution in [-0.4, -0.2) is 37.9 Å². The molecule has 0 amide bonds. The van der Waals surface area contributed by atoms with E-state index in [0.717, 1.165) is 116 Å². The molecule has 0 spiro atoms. The minimum Gasteiger partial charge on any atom is -0.462 e. The van der Waals surface area contributed by atoms with Crippen molar-refractivity contribution in [3.05, 3.63) is 97.2 Å². The zero-order chi connectivity index (χ0) is 44.9. The number of hydrogen-bond acceptors (Lipinski definition) is 5. The molecule has 0 saturated heterocycles. The van der Waals surface area contributed by atoms with Crippen LogP contribution in [0.4, 0.5) is 0 Å². The molecule has 0 radical (unpaired) electrons. The molecule has 0 rings (SSSR count). The topological polar surface area (TPSA) is 61.8 Å². The van der Waals surface area contributed by atoms with Crippen molar-refractivity contribution in [2.45, 2.75) is 232 Å². The summed E-state index contributed by atoms with van der Waals surface area (Å²) in [5, 5.41) is 0. The number of allylic oxidation sites excluding steroid dienone is 16. The van der Waals surface area contributed by atoms with Gasteiger partial charge in [0.15, 0.2) is 6.10 Å². The second-order valence-corrected chi connectivity index (χ2v) is 16.7. The zero-order valence-electron chi connectivity index (χ0n) is 40.6. The average Bonchev–Trinajstić information content (AvgIpc) is 3.27. The number of carbonyl (C=O) groups excluding carboxylic acids is 2. The molecular formula is C57H96O5. The normalized spacial score (nSPS) is 13.0. The van der Waals surface area contributed by atoms with E-state index < -0.39 is 6.10 Å².